The SMILES string of the molecule is S=C(NC1CCCCC1)c1ccc2ccccc2n1. The van der Waals surface area contributed by atoms with Crippen molar-refractivity contribution < 1.29 is 0 Å². The van der Waals surface area contributed by atoms with E-state index in [-0.39, 0.29) is 0 Å². The standard InChI is InChI=1S/C16H18N2S/c19-16(17-13-7-2-1-3-8-13)15-11-10-12-6-4-5-9-14(12)18-15/h4-6,9-11,13H,1-3,7-8H2,(H,17,19). The highest BCUT2D eigenvalue weighted by atomic mass is 32.1. The van der Waals surface area contributed by atoms with Gasteiger partial charge < -0.3 is 5.32 Å². The smallest absolute Gasteiger partial charge is 0.125 e. The van der Waals surface area contributed by atoms with Gasteiger partial charge in [-0.2, -0.15) is 0 Å². The highest BCUT2D eigenvalue weighted by molar-refractivity contribution is 7.80. The summed E-state index contributed by atoms with van der Waals surface area (Å²) in [6, 6.07) is 12.8. The summed E-state index contributed by atoms with van der Waals surface area (Å²) in [5.41, 5.74) is 1.90. The predicted octanol–water partition coefficient (Wildman–Crippen LogP) is 3.83. The summed E-state index contributed by atoms with van der Waals surface area (Å²) < 4.78 is 0. The first-order valence-electron chi connectivity index (χ1n) is 6.99. The van der Waals surface area contributed by atoms with Crippen LogP contribution in [-0.4, -0.2) is 16.0 Å². The second-order valence-corrected chi connectivity index (χ2v) is 5.61. The van der Waals surface area contributed by atoms with Crippen LogP contribution in [0, 0.1) is 0 Å². The third-order valence-electron chi connectivity index (χ3n) is 3.77. The van der Waals surface area contributed by atoms with Crippen LogP contribution in [0.4, 0.5) is 0 Å². The normalized spacial score (nSPS) is 16.4. The predicted molar refractivity (Wildman–Crippen MR) is 83.5 cm³/mol. The molecule has 0 atom stereocenters. The van der Waals surface area contributed by atoms with Gasteiger partial charge >= 0.3 is 0 Å². The maximum atomic E-state index is 5.49. The van der Waals surface area contributed by atoms with Crippen LogP contribution in [0.3, 0.4) is 0 Å². The van der Waals surface area contributed by atoms with Gasteiger partial charge in [0.2, 0.25) is 0 Å². The lowest BCUT2D eigenvalue weighted by molar-refractivity contribution is 0.415. The zero-order chi connectivity index (χ0) is 13.1. The molecular formula is C16H18N2S. The third kappa shape index (κ3) is 2.92. The van der Waals surface area contributed by atoms with Crippen LogP contribution in [0.25, 0.3) is 10.9 Å². The minimum Gasteiger partial charge on any atom is -0.372 e. The van der Waals surface area contributed by atoms with E-state index in [0.717, 1.165) is 21.6 Å². The number of aromatic nitrogens is 1. The Morgan fingerprint density at radius 1 is 1.05 bits per heavy atom. The molecular weight excluding hydrogens is 252 g/mol. The van der Waals surface area contributed by atoms with Gasteiger partial charge in [0.1, 0.15) is 4.99 Å². The fraction of sp³-hybridized carbons (Fsp3) is 0.375. The van der Waals surface area contributed by atoms with Crippen LogP contribution < -0.4 is 5.32 Å². The molecule has 0 amide bonds. The lowest BCUT2D eigenvalue weighted by Crippen LogP contribution is -2.35. The van der Waals surface area contributed by atoms with E-state index < -0.39 is 0 Å². The molecule has 0 unspecified atom stereocenters. The second kappa shape index (κ2) is 5.66. The van der Waals surface area contributed by atoms with Gasteiger partial charge in [0, 0.05) is 11.4 Å². The summed E-state index contributed by atoms with van der Waals surface area (Å²) in [6.45, 7) is 0. The van der Waals surface area contributed by atoms with Crippen molar-refractivity contribution in [1.82, 2.24) is 10.3 Å². The van der Waals surface area contributed by atoms with Crippen LogP contribution >= 0.6 is 12.2 Å². The van der Waals surface area contributed by atoms with E-state index in [2.05, 4.69) is 22.4 Å². The van der Waals surface area contributed by atoms with Gasteiger partial charge in [-0.3, -0.25) is 0 Å². The topological polar surface area (TPSA) is 24.9 Å². The van der Waals surface area contributed by atoms with Gasteiger partial charge in [0.15, 0.2) is 0 Å². The zero-order valence-electron chi connectivity index (χ0n) is 10.9. The summed E-state index contributed by atoms with van der Waals surface area (Å²) in [5.74, 6) is 0. The first kappa shape index (κ1) is 12.5. The Labute approximate surface area is 119 Å². The number of hydrogen-bond donors (Lipinski definition) is 1. The molecule has 0 bridgehead atoms. The van der Waals surface area contributed by atoms with Crippen LogP contribution in [0.2, 0.25) is 0 Å². The van der Waals surface area contributed by atoms with Crippen molar-refractivity contribution in [1.29, 1.82) is 0 Å². The Kier molecular flexibility index (Phi) is 3.74. The number of benzene rings is 1. The summed E-state index contributed by atoms with van der Waals surface area (Å²) in [5, 5.41) is 4.63. The minimum absolute atomic E-state index is 0.537. The van der Waals surface area contributed by atoms with Crippen LogP contribution in [0.5, 0.6) is 0 Å². The van der Waals surface area contributed by atoms with Crippen LogP contribution in [0.1, 0.15) is 37.8 Å². The number of nitrogens with one attached hydrogen (secondary N) is 1. The van der Waals surface area contributed by atoms with E-state index in [1.54, 1.807) is 0 Å². The van der Waals surface area contributed by atoms with E-state index in [9.17, 15) is 0 Å². The number of pyridine rings is 1. The molecule has 1 aromatic heterocycles. The molecule has 1 N–H and O–H groups in total. The molecule has 3 heteroatoms. The molecule has 0 spiro atoms. The van der Waals surface area contributed by atoms with E-state index in [1.807, 2.05) is 24.3 Å². The first-order valence-corrected chi connectivity index (χ1v) is 7.40. The fourth-order valence-electron chi connectivity index (χ4n) is 2.70. The monoisotopic (exact) mass is 270 g/mol. The van der Waals surface area contributed by atoms with Crippen molar-refractivity contribution in [3.05, 3.63) is 42.1 Å². The van der Waals surface area contributed by atoms with Crippen molar-refractivity contribution in [2.45, 2.75) is 38.1 Å². The van der Waals surface area contributed by atoms with Crippen molar-refractivity contribution in [2.24, 2.45) is 0 Å². The number of para-hydroxylation sites is 1. The van der Waals surface area contributed by atoms with Gasteiger partial charge in [-0.15, -0.1) is 0 Å². The largest absolute Gasteiger partial charge is 0.372 e. The molecule has 1 aliphatic rings. The first-order chi connectivity index (χ1) is 9.33. The minimum atomic E-state index is 0.537. The molecule has 3 rings (SSSR count). The summed E-state index contributed by atoms with van der Waals surface area (Å²) in [7, 11) is 0. The average molecular weight is 270 g/mol. The highest BCUT2D eigenvalue weighted by Crippen LogP contribution is 2.18. The molecule has 2 aromatic rings. The molecule has 0 aliphatic heterocycles. The summed E-state index contributed by atoms with van der Waals surface area (Å²) in [6.07, 6.45) is 6.44. The lowest BCUT2D eigenvalue weighted by Gasteiger charge is -2.23. The van der Waals surface area contributed by atoms with Crippen molar-refractivity contribution in [3.8, 4) is 0 Å². The molecule has 1 saturated carbocycles. The van der Waals surface area contributed by atoms with Crippen LogP contribution in [-0.2, 0) is 0 Å². The average Bonchev–Trinajstić information content (AvgIpc) is 2.48. The Hall–Kier alpha value is -1.48. The summed E-state index contributed by atoms with van der Waals surface area (Å²) in [4.78, 5) is 5.43. The van der Waals surface area contributed by atoms with Crippen molar-refractivity contribution in [3.63, 3.8) is 0 Å². The molecule has 19 heavy (non-hydrogen) atoms. The lowest BCUT2D eigenvalue weighted by atomic mass is 9.95. The van der Waals surface area contributed by atoms with Crippen LogP contribution in [0.15, 0.2) is 36.4 Å². The maximum Gasteiger partial charge on any atom is 0.125 e. The molecule has 0 radical (unpaired) electrons. The number of rotatable bonds is 2. The molecule has 98 valence electrons. The molecule has 1 fully saturated rings. The quantitative estimate of drug-likeness (QED) is 0.839. The van der Waals surface area contributed by atoms with E-state index in [1.165, 1.54) is 32.1 Å². The van der Waals surface area contributed by atoms with E-state index in [4.69, 9.17) is 12.2 Å². The highest BCUT2D eigenvalue weighted by Gasteiger charge is 2.15. The second-order valence-electron chi connectivity index (χ2n) is 5.20. The van der Waals surface area contributed by atoms with E-state index in [0.29, 0.717) is 6.04 Å². The molecule has 0 saturated heterocycles. The van der Waals surface area contributed by atoms with Gasteiger partial charge in [-0.1, -0.05) is 55.7 Å². The number of nitrogens with zero attached hydrogens (tertiary/aromatic N) is 1. The molecule has 2 nitrogen and oxygen atoms in total. The number of fused-ring (bicyclic) bond motifs is 1. The van der Waals surface area contributed by atoms with Gasteiger partial charge in [-0.25, -0.2) is 4.98 Å². The van der Waals surface area contributed by atoms with Crippen molar-refractivity contribution in [2.75, 3.05) is 0 Å². The molecule has 1 aromatic carbocycles. The van der Waals surface area contributed by atoms with Gasteiger partial charge in [0.25, 0.3) is 0 Å². The Balaban J connectivity index is 1.77. The summed E-state index contributed by atoms with van der Waals surface area (Å²) >= 11 is 5.49. The molecule has 1 aliphatic carbocycles. The Morgan fingerprint density at radius 2 is 1.84 bits per heavy atom. The maximum absolute atomic E-state index is 5.49. The number of hydrogen-bond acceptors (Lipinski definition) is 2. The Morgan fingerprint density at radius 3 is 2.68 bits per heavy atom. The third-order valence-corrected chi connectivity index (χ3v) is 4.10. The van der Waals surface area contributed by atoms with Crippen molar-refractivity contribution >= 4 is 28.1 Å². The Bertz CT molecular complexity index is 588. The van der Waals surface area contributed by atoms with Gasteiger partial charge in [0.05, 0.1) is 11.2 Å². The van der Waals surface area contributed by atoms with E-state index >= 15 is 0 Å². The fourth-order valence-corrected chi connectivity index (χ4v) is 2.98. The molecule has 1 heterocycles. The number of thiocarbonyl (C=S) groups is 1. The van der Waals surface area contributed by atoms with Gasteiger partial charge in [-0.05, 0) is 25.0 Å². The zero-order valence-corrected chi connectivity index (χ0v) is 11.7.